The predicted molar refractivity (Wildman–Crippen MR) is 134 cm³/mol. The highest BCUT2D eigenvalue weighted by molar-refractivity contribution is 5.66. The maximum absolute atomic E-state index is 14.6. The Morgan fingerprint density at radius 1 is 1.00 bits per heavy atom. The molecular formula is C28H41FN2. The lowest BCUT2D eigenvalue weighted by Crippen LogP contribution is -2.31. The molecule has 3 heteroatoms. The molecule has 3 aromatic rings. The third kappa shape index (κ3) is 5.44. The van der Waals surface area contributed by atoms with Crippen LogP contribution in [-0.2, 0) is 5.41 Å². The van der Waals surface area contributed by atoms with Gasteiger partial charge in [0.1, 0.15) is 12.0 Å². The molecule has 31 heavy (non-hydrogen) atoms. The number of nitrogens with zero attached hydrogens (tertiary/aromatic N) is 2. The smallest absolute Gasteiger partial charge is 0.144 e. The van der Waals surface area contributed by atoms with Crippen LogP contribution in [0.3, 0.4) is 0 Å². The minimum Gasteiger partial charge on any atom is -0.299 e. The highest BCUT2D eigenvalue weighted by Gasteiger charge is 2.34. The standard InChI is InChI=1S/C24H29FN2.2C2H6/c1-7-24(6,19(5)25)21-11-9-8-10-20(21)23-26-12-13-27(23)22-17(3)14-16(2)15-18(22)4;2*1-2/h8-15,19H,7H2,1-6H3;2*1-2H3/t19-,24?;;/m1../s1. The quantitative estimate of drug-likeness (QED) is 0.401. The average molecular weight is 425 g/mol. The van der Waals surface area contributed by atoms with Crippen molar-refractivity contribution in [3.8, 4) is 17.1 Å². The molecule has 0 spiro atoms. The van der Waals surface area contributed by atoms with Crippen molar-refractivity contribution in [1.82, 2.24) is 9.55 Å². The van der Waals surface area contributed by atoms with E-state index in [0.29, 0.717) is 0 Å². The number of aryl methyl sites for hydroxylation is 3. The van der Waals surface area contributed by atoms with Gasteiger partial charge in [-0.15, -0.1) is 0 Å². The van der Waals surface area contributed by atoms with Crippen LogP contribution >= 0.6 is 0 Å². The number of hydrogen-bond acceptors (Lipinski definition) is 1. The number of hydrogen-bond donors (Lipinski definition) is 0. The minimum absolute atomic E-state index is 0.551. The van der Waals surface area contributed by atoms with Crippen molar-refractivity contribution in [3.63, 3.8) is 0 Å². The summed E-state index contributed by atoms with van der Waals surface area (Å²) in [5.74, 6) is 0.862. The number of alkyl halides is 1. The maximum Gasteiger partial charge on any atom is 0.144 e. The molecule has 2 nitrogen and oxygen atoms in total. The Morgan fingerprint density at radius 3 is 2.06 bits per heavy atom. The summed E-state index contributed by atoms with van der Waals surface area (Å²) in [6, 6.07) is 12.5. The van der Waals surface area contributed by atoms with Crippen molar-refractivity contribution < 1.29 is 4.39 Å². The van der Waals surface area contributed by atoms with Gasteiger partial charge in [0.25, 0.3) is 0 Å². The van der Waals surface area contributed by atoms with Crippen LogP contribution in [0.15, 0.2) is 48.8 Å². The summed E-state index contributed by atoms with van der Waals surface area (Å²) in [6.45, 7) is 20.1. The summed E-state index contributed by atoms with van der Waals surface area (Å²) in [5, 5.41) is 0. The molecule has 0 saturated carbocycles. The van der Waals surface area contributed by atoms with Gasteiger partial charge in [0.15, 0.2) is 0 Å². The molecular weight excluding hydrogens is 383 g/mol. The first kappa shape index (κ1) is 26.6. The molecule has 1 heterocycles. The Labute approximate surface area is 189 Å². The summed E-state index contributed by atoms with van der Waals surface area (Å²) in [5.41, 5.74) is 6.27. The monoisotopic (exact) mass is 424 g/mol. The molecule has 2 aromatic carbocycles. The van der Waals surface area contributed by atoms with Gasteiger partial charge in [0.05, 0.1) is 5.69 Å². The summed E-state index contributed by atoms with van der Waals surface area (Å²) in [4.78, 5) is 4.68. The molecule has 0 radical (unpaired) electrons. The van der Waals surface area contributed by atoms with E-state index in [2.05, 4.69) is 48.5 Å². The van der Waals surface area contributed by atoms with E-state index in [-0.39, 0.29) is 0 Å². The zero-order chi connectivity index (χ0) is 23.8. The number of rotatable bonds is 5. The summed E-state index contributed by atoms with van der Waals surface area (Å²) in [7, 11) is 0. The molecule has 0 fully saturated rings. The van der Waals surface area contributed by atoms with E-state index < -0.39 is 11.6 Å². The number of imidazole rings is 1. The lowest BCUT2D eigenvalue weighted by atomic mass is 9.74. The Hall–Kier alpha value is -2.42. The molecule has 0 N–H and O–H groups in total. The topological polar surface area (TPSA) is 17.8 Å². The van der Waals surface area contributed by atoms with Crippen LogP contribution in [0.2, 0.25) is 0 Å². The first-order chi connectivity index (χ1) is 14.8. The molecule has 170 valence electrons. The Kier molecular flexibility index (Phi) is 10.2. The van der Waals surface area contributed by atoms with E-state index in [9.17, 15) is 4.39 Å². The van der Waals surface area contributed by atoms with Crippen molar-refractivity contribution in [3.05, 3.63) is 71.0 Å². The zero-order valence-corrected chi connectivity index (χ0v) is 21.2. The molecule has 0 aliphatic carbocycles. The summed E-state index contributed by atoms with van der Waals surface area (Å²) >= 11 is 0. The third-order valence-corrected chi connectivity index (χ3v) is 5.91. The molecule has 1 aromatic heterocycles. The normalized spacial score (nSPS) is 13.3. The second kappa shape index (κ2) is 11.8. The molecule has 0 amide bonds. The molecule has 0 bridgehead atoms. The van der Waals surface area contributed by atoms with E-state index in [1.54, 1.807) is 6.92 Å². The van der Waals surface area contributed by atoms with Crippen LogP contribution in [0.1, 0.15) is 77.1 Å². The first-order valence-corrected chi connectivity index (χ1v) is 11.6. The van der Waals surface area contributed by atoms with E-state index in [1.807, 2.05) is 72.1 Å². The van der Waals surface area contributed by atoms with Crippen molar-refractivity contribution in [2.24, 2.45) is 0 Å². The van der Waals surface area contributed by atoms with Gasteiger partial charge in [-0.2, -0.15) is 0 Å². The first-order valence-electron chi connectivity index (χ1n) is 11.6. The summed E-state index contributed by atoms with van der Waals surface area (Å²) in [6.07, 6.45) is 3.60. The van der Waals surface area contributed by atoms with Gasteiger partial charge >= 0.3 is 0 Å². The lowest BCUT2D eigenvalue weighted by Gasteiger charge is -2.32. The van der Waals surface area contributed by atoms with Crippen LogP contribution in [0.5, 0.6) is 0 Å². The van der Waals surface area contributed by atoms with Crippen LogP contribution in [-0.4, -0.2) is 15.7 Å². The summed E-state index contributed by atoms with van der Waals surface area (Å²) < 4.78 is 16.8. The fraction of sp³-hybridized carbons (Fsp3) is 0.464. The Bertz CT molecular complexity index is 932. The molecule has 0 aliphatic rings. The van der Waals surface area contributed by atoms with E-state index in [1.165, 1.54) is 16.7 Å². The van der Waals surface area contributed by atoms with Crippen LogP contribution < -0.4 is 0 Å². The Morgan fingerprint density at radius 2 is 1.55 bits per heavy atom. The van der Waals surface area contributed by atoms with Crippen LogP contribution in [0.4, 0.5) is 4.39 Å². The number of aromatic nitrogens is 2. The molecule has 1 unspecified atom stereocenters. The van der Waals surface area contributed by atoms with Crippen molar-refractivity contribution in [2.45, 2.75) is 87.2 Å². The molecule has 0 saturated heterocycles. The average Bonchev–Trinajstić information content (AvgIpc) is 3.24. The maximum atomic E-state index is 14.6. The molecule has 3 rings (SSSR count). The third-order valence-electron chi connectivity index (χ3n) is 5.91. The second-order valence-electron chi connectivity index (χ2n) is 7.80. The van der Waals surface area contributed by atoms with Gasteiger partial charge < -0.3 is 0 Å². The fourth-order valence-electron chi connectivity index (χ4n) is 4.10. The molecule has 0 aliphatic heterocycles. The largest absolute Gasteiger partial charge is 0.299 e. The number of halogens is 1. The van der Waals surface area contributed by atoms with Crippen LogP contribution in [0.25, 0.3) is 17.1 Å². The highest BCUT2D eigenvalue weighted by Crippen LogP contribution is 2.39. The predicted octanol–water partition coefficient (Wildman–Crippen LogP) is 8.54. The van der Waals surface area contributed by atoms with Gasteiger partial charge in [-0.05, 0) is 50.8 Å². The zero-order valence-electron chi connectivity index (χ0n) is 21.2. The SMILES string of the molecule is CC.CC.CCC(C)(c1ccccc1-c1nccn1-c1c(C)cc(C)cc1C)[C@@H](C)F. The lowest BCUT2D eigenvalue weighted by molar-refractivity contribution is 0.214. The van der Waals surface area contributed by atoms with Gasteiger partial charge in [0, 0.05) is 23.4 Å². The fourth-order valence-corrected chi connectivity index (χ4v) is 4.10. The van der Waals surface area contributed by atoms with Gasteiger partial charge in [-0.3, -0.25) is 4.57 Å². The van der Waals surface area contributed by atoms with Crippen molar-refractivity contribution in [2.75, 3.05) is 0 Å². The second-order valence-corrected chi connectivity index (χ2v) is 7.80. The highest BCUT2D eigenvalue weighted by atomic mass is 19.1. The van der Waals surface area contributed by atoms with E-state index in [4.69, 9.17) is 0 Å². The van der Waals surface area contributed by atoms with E-state index >= 15 is 0 Å². The van der Waals surface area contributed by atoms with Crippen molar-refractivity contribution >= 4 is 0 Å². The van der Waals surface area contributed by atoms with Gasteiger partial charge in [-0.1, -0.05) is 83.5 Å². The van der Waals surface area contributed by atoms with Crippen molar-refractivity contribution in [1.29, 1.82) is 0 Å². The minimum atomic E-state index is -0.949. The van der Waals surface area contributed by atoms with Gasteiger partial charge in [-0.25, -0.2) is 9.37 Å². The number of benzene rings is 2. The Balaban J connectivity index is 0.00000113. The molecule has 2 atom stereocenters. The van der Waals surface area contributed by atoms with E-state index in [0.717, 1.165) is 29.1 Å². The van der Waals surface area contributed by atoms with Gasteiger partial charge in [0.2, 0.25) is 0 Å². The van der Waals surface area contributed by atoms with Crippen LogP contribution in [0, 0.1) is 20.8 Å².